The molecule has 1 aromatic heterocycles. The molecule has 0 saturated heterocycles. The van der Waals surface area contributed by atoms with E-state index in [0.29, 0.717) is 18.2 Å². The number of H-pyrrole nitrogens is 1. The van der Waals surface area contributed by atoms with E-state index in [1.807, 2.05) is 0 Å². The molecular formula is C10H18BrN3O2S. The normalized spacial score (nSPS) is 13.8. The summed E-state index contributed by atoms with van der Waals surface area (Å²) in [6.07, 6.45) is 3.25. The summed E-state index contributed by atoms with van der Waals surface area (Å²) in [6, 6.07) is 0. The summed E-state index contributed by atoms with van der Waals surface area (Å²) in [5, 5.41) is 7.23. The van der Waals surface area contributed by atoms with E-state index in [1.54, 1.807) is 6.92 Å². The van der Waals surface area contributed by atoms with E-state index in [1.165, 1.54) is 6.20 Å². The highest BCUT2D eigenvalue weighted by atomic mass is 79.9. The van der Waals surface area contributed by atoms with Gasteiger partial charge in [0.05, 0.1) is 11.9 Å². The number of nitrogens with zero attached hydrogens (tertiary/aromatic N) is 1. The lowest BCUT2D eigenvalue weighted by atomic mass is 10.0. The van der Waals surface area contributed by atoms with Crippen molar-refractivity contribution in [1.82, 2.24) is 14.9 Å². The maximum Gasteiger partial charge on any atom is 0.243 e. The molecular weight excluding hydrogens is 306 g/mol. The second-order valence-electron chi connectivity index (χ2n) is 3.96. The Morgan fingerprint density at radius 2 is 2.29 bits per heavy atom. The fourth-order valence-corrected chi connectivity index (χ4v) is 3.42. The molecule has 1 heterocycles. The molecule has 0 bridgehead atoms. The topological polar surface area (TPSA) is 74.8 Å². The highest BCUT2D eigenvalue weighted by Crippen LogP contribution is 2.13. The lowest BCUT2D eigenvalue weighted by Crippen LogP contribution is -2.29. The minimum Gasteiger partial charge on any atom is -0.281 e. The first-order chi connectivity index (χ1) is 8.01. The van der Waals surface area contributed by atoms with Gasteiger partial charge in [-0.25, -0.2) is 13.1 Å². The lowest BCUT2D eigenvalue weighted by Gasteiger charge is -2.14. The van der Waals surface area contributed by atoms with Crippen molar-refractivity contribution in [2.24, 2.45) is 5.92 Å². The summed E-state index contributed by atoms with van der Waals surface area (Å²) >= 11 is 3.37. The van der Waals surface area contributed by atoms with E-state index >= 15 is 0 Å². The highest BCUT2D eigenvalue weighted by Gasteiger charge is 2.19. The number of rotatable bonds is 7. The molecule has 1 aromatic rings. The van der Waals surface area contributed by atoms with Crippen LogP contribution in [0.15, 0.2) is 11.1 Å². The molecule has 0 fully saturated rings. The van der Waals surface area contributed by atoms with Crippen LogP contribution >= 0.6 is 15.9 Å². The van der Waals surface area contributed by atoms with E-state index < -0.39 is 10.0 Å². The first-order valence-electron chi connectivity index (χ1n) is 5.56. The molecule has 98 valence electrons. The summed E-state index contributed by atoms with van der Waals surface area (Å²) in [5.74, 6) is 0.358. The molecule has 1 atom stereocenters. The van der Waals surface area contributed by atoms with Crippen molar-refractivity contribution in [1.29, 1.82) is 0 Å². The van der Waals surface area contributed by atoms with Crippen LogP contribution in [-0.4, -0.2) is 30.5 Å². The van der Waals surface area contributed by atoms with Crippen LogP contribution in [0, 0.1) is 12.8 Å². The zero-order valence-corrected chi connectivity index (χ0v) is 12.4. The summed E-state index contributed by atoms with van der Waals surface area (Å²) in [4.78, 5) is 0.228. The zero-order valence-electron chi connectivity index (χ0n) is 10.0. The smallest absolute Gasteiger partial charge is 0.243 e. The number of halogens is 1. The quantitative estimate of drug-likeness (QED) is 0.751. The van der Waals surface area contributed by atoms with Gasteiger partial charge in [0.1, 0.15) is 4.90 Å². The Bertz CT molecular complexity index is 444. The maximum absolute atomic E-state index is 12.0. The summed E-state index contributed by atoms with van der Waals surface area (Å²) in [5.41, 5.74) is 0.561. The molecule has 1 unspecified atom stereocenters. The third-order valence-corrected chi connectivity index (χ3v) is 4.73. The predicted molar refractivity (Wildman–Crippen MR) is 70.7 cm³/mol. The Kier molecular flexibility index (Phi) is 5.61. The third kappa shape index (κ3) is 4.08. The second kappa shape index (κ2) is 6.51. The molecule has 0 aromatic carbocycles. The van der Waals surface area contributed by atoms with Crippen molar-refractivity contribution in [3.63, 3.8) is 0 Å². The van der Waals surface area contributed by atoms with Gasteiger partial charge in [0, 0.05) is 11.9 Å². The minimum absolute atomic E-state index is 0.228. The monoisotopic (exact) mass is 323 g/mol. The van der Waals surface area contributed by atoms with Gasteiger partial charge < -0.3 is 0 Å². The largest absolute Gasteiger partial charge is 0.281 e. The van der Waals surface area contributed by atoms with Gasteiger partial charge in [0.15, 0.2) is 0 Å². The van der Waals surface area contributed by atoms with Crippen molar-refractivity contribution in [3.8, 4) is 0 Å². The Labute approximate surface area is 111 Å². The number of hydrogen-bond acceptors (Lipinski definition) is 3. The van der Waals surface area contributed by atoms with Crippen molar-refractivity contribution in [2.75, 3.05) is 11.9 Å². The molecule has 0 spiro atoms. The summed E-state index contributed by atoms with van der Waals surface area (Å²) in [7, 11) is -3.43. The second-order valence-corrected chi connectivity index (χ2v) is 6.49. The third-order valence-electron chi connectivity index (χ3n) is 2.73. The summed E-state index contributed by atoms with van der Waals surface area (Å²) in [6.45, 7) is 4.22. The lowest BCUT2D eigenvalue weighted by molar-refractivity contribution is 0.483. The van der Waals surface area contributed by atoms with Gasteiger partial charge >= 0.3 is 0 Å². The van der Waals surface area contributed by atoms with Crippen LogP contribution in [-0.2, 0) is 10.0 Å². The Morgan fingerprint density at radius 3 is 2.76 bits per heavy atom. The first-order valence-corrected chi connectivity index (χ1v) is 8.17. The van der Waals surface area contributed by atoms with Crippen LogP contribution in [0.25, 0.3) is 0 Å². The molecule has 0 aliphatic rings. The Morgan fingerprint density at radius 1 is 1.59 bits per heavy atom. The number of aryl methyl sites for hydroxylation is 1. The van der Waals surface area contributed by atoms with Crippen LogP contribution in [0.2, 0.25) is 0 Å². The average molecular weight is 324 g/mol. The van der Waals surface area contributed by atoms with Gasteiger partial charge in [0.25, 0.3) is 0 Å². The van der Waals surface area contributed by atoms with Gasteiger partial charge in [-0.05, 0) is 19.3 Å². The molecule has 1 rings (SSSR count). The standard InChI is InChI=1S/C10H18BrN3O2S/c1-3-9(4-5-11)6-13-17(15,16)10-7-12-14-8(10)2/h7,9,13H,3-6H2,1-2H3,(H,12,14). The molecule has 0 radical (unpaired) electrons. The van der Waals surface area contributed by atoms with E-state index in [4.69, 9.17) is 0 Å². The van der Waals surface area contributed by atoms with Crippen LogP contribution in [0.5, 0.6) is 0 Å². The first kappa shape index (κ1) is 14.7. The fourth-order valence-electron chi connectivity index (χ4n) is 1.52. The molecule has 2 N–H and O–H groups in total. The van der Waals surface area contributed by atoms with Crippen LogP contribution in [0.4, 0.5) is 0 Å². The minimum atomic E-state index is -3.43. The SMILES string of the molecule is CCC(CCBr)CNS(=O)(=O)c1cn[nH]c1C. The van der Waals surface area contributed by atoms with E-state index in [-0.39, 0.29) is 4.90 Å². The van der Waals surface area contributed by atoms with Gasteiger partial charge in [-0.3, -0.25) is 5.10 Å². The number of aromatic nitrogens is 2. The summed E-state index contributed by atoms with van der Waals surface area (Å²) < 4.78 is 26.5. The zero-order chi connectivity index (χ0) is 12.9. The van der Waals surface area contributed by atoms with Crippen molar-refractivity contribution >= 4 is 26.0 Å². The molecule has 0 saturated carbocycles. The molecule has 7 heteroatoms. The molecule has 17 heavy (non-hydrogen) atoms. The number of nitrogens with one attached hydrogen (secondary N) is 2. The van der Waals surface area contributed by atoms with E-state index in [2.05, 4.69) is 37.8 Å². The fraction of sp³-hybridized carbons (Fsp3) is 0.700. The van der Waals surface area contributed by atoms with Gasteiger partial charge in [-0.15, -0.1) is 0 Å². The van der Waals surface area contributed by atoms with Crippen molar-refractivity contribution in [3.05, 3.63) is 11.9 Å². The van der Waals surface area contributed by atoms with Gasteiger partial charge in [-0.1, -0.05) is 29.3 Å². The maximum atomic E-state index is 12.0. The Hall–Kier alpha value is -0.400. The van der Waals surface area contributed by atoms with Crippen molar-refractivity contribution < 1.29 is 8.42 Å². The molecule has 0 aliphatic heterocycles. The van der Waals surface area contributed by atoms with E-state index in [0.717, 1.165) is 18.2 Å². The van der Waals surface area contributed by atoms with Crippen molar-refractivity contribution in [2.45, 2.75) is 31.6 Å². The number of hydrogen-bond donors (Lipinski definition) is 2. The highest BCUT2D eigenvalue weighted by molar-refractivity contribution is 9.09. The number of sulfonamides is 1. The van der Waals surface area contributed by atoms with Crippen LogP contribution < -0.4 is 4.72 Å². The molecule has 5 nitrogen and oxygen atoms in total. The van der Waals surface area contributed by atoms with Gasteiger partial charge in [0.2, 0.25) is 10.0 Å². The number of alkyl halides is 1. The molecule has 0 amide bonds. The number of aromatic amines is 1. The van der Waals surface area contributed by atoms with Crippen LogP contribution in [0.3, 0.4) is 0 Å². The molecule has 0 aliphatic carbocycles. The van der Waals surface area contributed by atoms with E-state index in [9.17, 15) is 8.42 Å². The average Bonchev–Trinajstić information content (AvgIpc) is 2.71. The predicted octanol–water partition coefficient (Wildman–Crippen LogP) is 1.81. The van der Waals surface area contributed by atoms with Gasteiger partial charge in [-0.2, -0.15) is 5.10 Å². The van der Waals surface area contributed by atoms with Crippen LogP contribution in [0.1, 0.15) is 25.5 Å². The Balaban J connectivity index is 2.65.